The van der Waals surface area contributed by atoms with Crippen LogP contribution in [0.2, 0.25) is 0 Å². The second-order valence-electron chi connectivity index (χ2n) is 6.05. The van der Waals surface area contributed by atoms with Gasteiger partial charge in [0.2, 0.25) is 0 Å². The summed E-state index contributed by atoms with van der Waals surface area (Å²) in [6, 6.07) is 15.0. The summed E-state index contributed by atoms with van der Waals surface area (Å²) >= 11 is 0. The van der Waals surface area contributed by atoms with Crippen LogP contribution < -0.4 is 4.74 Å². The molecule has 0 atom stereocenters. The minimum atomic E-state index is 0.743. The van der Waals surface area contributed by atoms with Crippen molar-refractivity contribution in [3.63, 3.8) is 0 Å². The van der Waals surface area contributed by atoms with Gasteiger partial charge in [0.1, 0.15) is 11.5 Å². The van der Waals surface area contributed by atoms with Gasteiger partial charge in [-0.25, -0.2) is 0 Å². The molecule has 0 N–H and O–H groups in total. The Morgan fingerprint density at radius 2 is 1.60 bits per heavy atom. The molecule has 1 heterocycles. The van der Waals surface area contributed by atoms with Gasteiger partial charge in [-0.15, -0.1) is 0 Å². The Hall–Kier alpha value is -1.76. The smallest absolute Gasteiger partial charge is 0.131 e. The Morgan fingerprint density at radius 1 is 0.800 bits per heavy atom. The van der Waals surface area contributed by atoms with Crippen molar-refractivity contribution in [3.8, 4) is 11.5 Å². The van der Waals surface area contributed by atoms with Crippen molar-refractivity contribution in [2.24, 2.45) is 0 Å². The molecule has 0 aromatic heterocycles. The molecule has 0 bridgehead atoms. The molecule has 1 aliphatic heterocycles. The van der Waals surface area contributed by atoms with Gasteiger partial charge in [0.15, 0.2) is 0 Å². The van der Waals surface area contributed by atoms with Gasteiger partial charge in [-0.1, -0.05) is 49.6 Å². The largest absolute Gasteiger partial charge is 0.457 e. The number of hydrogen-bond acceptors (Lipinski definition) is 1. The van der Waals surface area contributed by atoms with E-state index in [4.69, 9.17) is 4.74 Å². The van der Waals surface area contributed by atoms with Gasteiger partial charge in [0.05, 0.1) is 0 Å². The van der Waals surface area contributed by atoms with Gasteiger partial charge in [0.25, 0.3) is 0 Å². The Labute approximate surface area is 120 Å². The molecule has 4 rings (SSSR count). The van der Waals surface area contributed by atoms with Gasteiger partial charge < -0.3 is 4.74 Å². The van der Waals surface area contributed by atoms with Crippen LogP contribution in [0.25, 0.3) is 0 Å². The zero-order chi connectivity index (χ0) is 13.4. The molecule has 0 spiro atoms. The van der Waals surface area contributed by atoms with Crippen molar-refractivity contribution < 1.29 is 4.74 Å². The molecule has 20 heavy (non-hydrogen) atoms. The Kier molecular flexibility index (Phi) is 2.99. The molecule has 2 aliphatic rings. The predicted octanol–water partition coefficient (Wildman–Crippen LogP) is 5.43. The summed E-state index contributed by atoms with van der Waals surface area (Å²) in [7, 11) is 0. The highest BCUT2D eigenvalue weighted by atomic mass is 16.5. The molecule has 1 fully saturated rings. The number of ether oxygens (including phenoxy) is 1. The van der Waals surface area contributed by atoms with E-state index < -0.39 is 0 Å². The quantitative estimate of drug-likeness (QED) is 0.569. The summed E-state index contributed by atoms with van der Waals surface area (Å²) in [6.45, 7) is 0. The third kappa shape index (κ3) is 2.02. The zero-order valence-electron chi connectivity index (χ0n) is 11.8. The molecule has 0 unspecified atom stereocenters. The van der Waals surface area contributed by atoms with Gasteiger partial charge in [-0.3, -0.25) is 0 Å². The van der Waals surface area contributed by atoms with Gasteiger partial charge in [-0.2, -0.15) is 0 Å². The SMILES string of the molecule is c1ccc2c(c1)Cc1c(cccc1C1CCCCC1)O2. The summed E-state index contributed by atoms with van der Waals surface area (Å²) < 4.78 is 6.11. The Bertz CT molecular complexity index is 623. The summed E-state index contributed by atoms with van der Waals surface area (Å²) in [6.07, 6.45) is 7.89. The van der Waals surface area contributed by atoms with Crippen LogP contribution in [-0.2, 0) is 6.42 Å². The number of benzene rings is 2. The van der Waals surface area contributed by atoms with E-state index in [1.54, 1.807) is 0 Å². The molecule has 102 valence electrons. The molecule has 2 aromatic rings. The lowest BCUT2D eigenvalue weighted by Crippen LogP contribution is -2.11. The number of rotatable bonds is 1. The Balaban J connectivity index is 1.74. The van der Waals surface area contributed by atoms with E-state index in [1.807, 2.05) is 0 Å². The van der Waals surface area contributed by atoms with Crippen molar-refractivity contribution in [3.05, 3.63) is 59.2 Å². The lowest BCUT2D eigenvalue weighted by atomic mass is 9.80. The van der Waals surface area contributed by atoms with E-state index in [1.165, 1.54) is 48.8 Å². The highest BCUT2D eigenvalue weighted by Crippen LogP contribution is 2.42. The van der Waals surface area contributed by atoms with Crippen LogP contribution in [0.5, 0.6) is 11.5 Å². The van der Waals surface area contributed by atoms with Crippen LogP contribution in [0, 0.1) is 0 Å². The van der Waals surface area contributed by atoms with Crippen molar-refractivity contribution in [1.29, 1.82) is 0 Å². The highest BCUT2D eigenvalue weighted by molar-refractivity contribution is 5.53. The zero-order valence-corrected chi connectivity index (χ0v) is 11.8. The van der Waals surface area contributed by atoms with Gasteiger partial charge >= 0.3 is 0 Å². The molecule has 1 saturated carbocycles. The van der Waals surface area contributed by atoms with E-state index in [0.29, 0.717) is 0 Å². The second-order valence-corrected chi connectivity index (χ2v) is 6.05. The molecule has 1 heteroatoms. The lowest BCUT2D eigenvalue weighted by molar-refractivity contribution is 0.430. The van der Waals surface area contributed by atoms with Crippen molar-refractivity contribution in [2.75, 3.05) is 0 Å². The minimum Gasteiger partial charge on any atom is -0.457 e. The van der Waals surface area contributed by atoms with Crippen LogP contribution in [0.3, 0.4) is 0 Å². The summed E-state index contributed by atoms with van der Waals surface area (Å²) in [5, 5.41) is 0. The first-order chi connectivity index (χ1) is 9.92. The number of hydrogen-bond donors (Lipinski definition) is 0. The molecule has 1 nitrogen and oxygen atoms in total. The van der Waals surface area contributed by atoms with Crippen LogP contribution in [0.1, 0.15) is 54.7 Å². The fourth-order valence-electron chi connectivity index (χ4n) is 3.72. The third-order valence-electron chi connectivity index (χ3n) is 4.77. The maximum absolute atomic E-state index is 6.11. The van der Waals surface area contributed by atoms with Crippen LogP contribution in [0.15, 0.2) is 42.5 Å². The van der Waals surface area contributed by atoms with E-state index >= 15 is 0 Å². The maximum Gasteiger partial charge on any atom is 0.131 e. The average molecular weight is 264 g/mol. The normalized spacial score (nSPS) is 18.0. The molecule has 0 radical (unpaired) electrons. The summed E-state index contributed by atoms with van der Waals surface area (Å²) in [5.41, 5.74) is 4.29. The highest BCUT2D eigenvalue weighted by Gasteiger charge is 2.24. The second kappa shape index (κ2) is 4.97. The van der Waals surface area contributed by atoms with Crippen molar-refractivity contribution >= 4 is 0 Å². The van der Waals surface area contributed by atoms with Crippen LogP contribution in [-0.4, -0.2) is 0 Å². The fraction of sp³-hybridized carbons (Fsp3) is 0.368. The standard InChI is InChI=1S/C19H20O/c1-2-7-14(8-3-1)16-10-6-12-19-17(16)13-15-9-4-5-11-18(15)20-19/h4-6,9-12,14H,1-3,7-8,13H2. The van der Waals surface area contributed by atoms with E-state index in [-0.39, 0.29) is 0 Å². The van der Waals surface area contributed by atoms with E-state index in [0.717, 1.165) is 23.8 Å². The third-order valence-corrected chi connectivity index (χ3v) is 4.77. The average Bonchev–Trinajstić information content (AvgIpc) is 2.53. The fourth-order valence-corrected chi connectivity index (χ4v) is 3.72. The van der Waals surface area contributed by atoms with Crippen molar-refractivity contribution in [2.45, 2.75) is 44.4 Å². The monoisotopic (exact) mass is 264 g/mol. The molecule has 0 saturated heterocycles. The lowest BCUT2D eigenvalue weighted by Gasteiger charge is -2.28. The minimum absolute atomic E-state index is 0.743. The van der Waals surface area contributed by atoms with Crippen LogP contribution in [0.4, 0.5) is 0 Å². The number of fused-ring (bicyclic) bond motifs is 2. The van der Waals surface area contributed by atoms with Crippen molar-refractivity contribution in [1.82, 2.24) is 0 Å². The number of para-hydroxylation sites is 1. The van der Waals surface area contributed by atoms with Gasteiger partial charge in [-0.05, 0) is 42.0 Å². The molecular weight excluding hydrogens is 244 g/mol. The molecular formula is C19H20O. The first-order valence-electron chi connectivity index (χ1n) is 7.79. The first kappa shape index (κ1) is 12.0. The molecule has 0 amide bonds. The van der Waals surface area contributed by atoms with E-state index in [2.05, 4.69) is 42.5 Å². The maximum atomic E-state index is 6.11. The Morgan fingerprint density at radius 3 is 2.50 bits per heavy atom. The van der Waals surface area contributed by atoms with Crippen LogP contribution >= 0.6 is 0 Å². The first-order valence-corrected chi connectivity index (χ1v) is 7.79. The topological polar surface area (TPSA) is 9.23 Å². The molecule has 1 aliphatic carbocycles. The van der Waals surface area contributed by atoms with E-state index in [9.17, 15) is 0 Å². The summed E-state index contributed by atoms with van der Waals surface area (Å²) in [4.78, 5) is 0. The summed E-state index contributed by atoms with van der Waals surface area (Å²) in [5.74, 6) is 2.85. The van der Waals surface area contributed by atoms with Gasteiger partial charge in [0, 0.05) is 12.0 Å². The molecule has 2 aromatic carbocycles. The predicted molar refractivity (Wildman–Crippen MR) is 81.6 cm³/mol.